The molecular formula is C22H22ClFN2O3. The fraction of sp³-hybridized carbons (Fsp3) is 0.273. The van der Waals surface area contributed by atoms with E-state index in [4.69, 9.17) is 11.6 Å². The second kappa shape index (κ2) is 8.76. The van der Waals surface area contributed by atoms with Gasteiger partial charge in [-0.25, -0.2) is 4.39 Å². The number of amides is 1. The Balaban J connectivity index is 2.09. The number of likely N-dealkylation sites (tertiary alicyclic amines) is 1. The Morgan fingerprint density at radius 1 is 1.17 bits per heavy atom. The van der Waals surface area contributed by atoms with Gasteiger partial charge >= 0.3 is 0 Å². The minimum atomic E-state index is -0.795. The number of carbonyl (C=O) groups excluding carboxylic acids is 2. The summed E-state index contributed by atoms with van der Waals surface area (Å²) in [5.74, 6) is -2.16. The average Bonchev–Trinajstić information content (AvgIpc) is 2.93. The molecule has 3 rings (SSSR count). The summed E-state index contributed by atoms with van der Waals surface area (Å²) in [6, 6.07) is 11.2. The summed E-state index contributed by atoms with van der Waals surface area (Å²) in [5.41, 5.74) is 0.878. The number of aliphatic hydroxyl groups is 1. The van der Waals surface area contributed by atoms with Crippen molar-refractivity contribution in [1.29, 1.82) is 0 Å². The van der Waals surface area contributed by atoms with E-state index in [9.17, 15) is 19.1 Å². The quantitative estimate of drug-likeness (QED) is 0.441. The van der Waals surface area contributed by atoms with Crippen LogP contribution in [-0.2, 0) is 9.59 Å². The predicted octanol–water partition coefficient (Wildman–Crippen LogP) is 3.85. The molecule has 1 saturated heterocycles. The number of nitrogens with zero attached hydrogens (tertiary/aromatic N) is 2. The molecule has 2 aromatic carbocycles. The van der Waals surface area contributed by atoms with Crippen LogP contribution in [0.2, 0.25) is 5.02 Å². The lowest BCUT2D eigenvalue weighted by Crippen LogP contribution is -2.32. The fourth-order valence-corrected chi connectivity index (χ4v) is 3.64. The predicted molar refractivity (Wildman–Crippen MR) is 110 cm³/mol. The molecule has 0 aromatic heterocycles. The minimum Gasteiger partial charge on any atom is -0.507 e. The van der Waals surface area contributed by atoms with E-state index in [1.165, 1.54) is 35.2 Å². The molecular weight excluding hydrogens is 395 g/mol. The molecule has 2 aromatic rings. The van der Waals surface area contributed by atoms with Gasteiger partial charge in [-0.3, -0.25) is 9.59 Å². The third-order valence-electron chi connectivity index (χ3n) is 4.83. The zero-order valence-corrected chi connectivity index (χ0v) is 17.0. The van der Waals surface area contributed by atoms with Gasteiger partial charge in [0, 0.05) is 17.1 Å². The summed E-state index contributed by atoms with van der Waals surface area (Å²) in [5, 5.41) is 11.3. The van der Waals surface area contributed by atoms with E-state index in [1.807, 2.05) is 19.0 Å². The molecule has 29 heavy (non-hydrogen) atoms. The second-order valence-corrected chi connectivity index (χ2v) is 7.65. The Bertz CT molecular complexity index is 957. The molecule has 5 nitrogen and oxygen atoms in total. The number of hydrogen-bond donors (Lipinski definition) is 1. The molecule has 1 fully saturated rings. The van der Waals surface area contributed by atoms with Crippen LogP contribution in [0.1, 0.15) is 23.6 Å². The average molecular weight is 417 g/mol. The smallest absolute Gasteiger partial charge is 0.295 e. The summed E-state index contributed by atoms with van der Waals surface area (Å²) >= 11 is 6.02. The highest BCUT2D eigenvalue weighted by atomic mass is 35.5. The first-order chi connectivity index (χ1) is 13.8. The van der Waals surface area contributed by atoms with Crippen LogP contribution in [-0.4, -0.2) is 53.8 Å². The monoisotopic (exact) mass is 416 g/mol. The Hall–Kier alpha value is -2.70. The number of benzene rings is 2. The van der Waals surface area contributed by atoms with Crippen LogP contribution in [0.4, 0.5) is 4.39 Å². The van der Waals surface area contributed by atoms with Gasteiger partial charge < -0.3 is 14.9 Å². The van der Waals surface area contributed by atoms with Crippen LogP contribution in [0, 0.1) is 5.82 Å². The molecule has 0 bridgehead atoms. The molecule has 7 heteroatoms. The summed E-state index contributed by atoms with van der Waals surface area (Å²) in [6.07, 6.45) is 0.648. The lowest BCUT2D eigenvalue weighted by molar-refractivity contribution is -0.139. The van der Waals surface area contributed by atoms with Crippen LogP contribution in [0.5, 0.6) is 0 Å². The van der Waals surface area contributed by atoms with Crippen molar-refractivity contribution in [2.75, 3.05) is 27.2 Å². The third-order valence-corrected chi connectivity index (χ3v) is 5.06. The van der Waals surface area contributed by atoms with Gasteiger partial charge in [-0.2, -0.15) is 0 Å². The number of rotatable bonds is 6. The molecule has 1 atom stereocenters. The van der Waals surface area contributed by atoms with E-state index in [2.05, 4.69) is 0 Å². The number of ketones is 1. The van der Waals surface area contributed by atoms with Crippen LogP contribution in [0.15, 0.2) is 54.1 Å². The van der Waals surface area contributed by atoms with E-state index >= 15 is 0 Å². The largest absolute Gasteiger partial charge is 0.507 e. The standard InChI is InChI=1S/C22H22ClFN2O3/c1-25(2)11-4-12-26-19(14-7-9-17(24)10-8-14)18(21(28)22(26)29)20(27)15-5-3-6-16(23)13-15/h3,5-10,13,19,27H,4,11-12H2,1-2H3/b20-18-. The Labute approximate surface area is 174 Å². The van der Waals surface area contributed by atoms with Crippen LogP contribution < -0.4 is 0 Å². The third kappa shape index (κ3) is 4.49. The van der Waals surface area contributed by atoms with Crippen LogP contribution in [0.3, 0.4) is 0 Å². The van der Waals surface area contributed by atoms with Gasteiger partial charge in [0.15, 0.2) is 0 Å². The highest BCUT2D eigenvalue weighted by molar-refractivity contribution is 6.46. The molecule has 1 aliphatic rings. The van der Waals surface area contributed by atoms with Gasteiger partial charge in [-0.15, -0.1) is 0 Å². The van der Waals surface area contributed by atoms with Crippen LogP contribution in [0.25, 0.3) is 5.76 Å². The Kier molecular flexibility index (Phi) is 6.35. The van der Waals surface area contributed by atoms with Gasteiger partial charge in [-0.05, 0) is 56.9 Å². The highest BCUT2D eigenvalue weighted by Crippen LogP contribution is 2.39. The van der Waals surface area contributed by atoms with Gasteiger partial charge in [0.05, 0.1) is 11.6 Å². The van der Waals surface area contributed by atoms with E-state index in [0.717, 1.165) is 6.54 Å². The number of Topliss-reactive ketones (excluding diaryl/α,β-unsaturated/α-hetero) is 1. The molecule has 1 unspecified atom stereocenters. The van der Waals surface area contributed by atoms with E-state index < -0.39 is 23.5 Å². The maximum atomic E-state index is 13.5. The van der Waals surface area contributed by atoms with Crippen molar-refractivity contribution in [2.24, 2.45) is 0 Å². The van der Waals surface area contributed by atoms with Crippen molar-refractivity contribution in [3.05, 3.63) is 76.1 Å². The molecule has 0 radical (unpaired) electrons. The van der Waals surface area contributed by atoms with Crippen molar-refractivity contribution in [2.45, 2.75) is 12.5 Å². The summed E-state index contributed by atoms with van der Waals surface area (Å²) in [7, 11) is 3.84. The molecule has 1 N–H and O–H groups in total. The minimum absolute atomic E-state index is 0.0197. The van der Waals surface area contributed by atoms with Gasteiger partial charge in [0.1, 0.15) is 11.6 Å². The van der Waals surface area contributed by atoms with Gasteiger partial charge in [-0.1, -0.05) is 35.9 Å². The zero-order chi connectivity index (χ0) is 21.1. The molecule has 0 saturated carbocycles. The summed E-state index contributed by atoms with van der Waals surface area (Å²) < 4.78 is 13.5. The summed E-state index contributed by atoms with van der Waals surface area (Å²) in [4.78, 5) is 29.0. The summed E-state index contributed by atoms with van der Waals surface area (Å²) in [6.45, 7) is 1.06. The van der Waals surface area contributed by atoms with E-state index in [1.54, 1.807) is 18.2 Å². The normalized spacial score (nSPS) is 18.7. The van der Waals surface area contributed by atoms with E-state index in [0.29, 0.717) is 29.1 Å². The van der Waals surface area contributed by atoms with Crippen molar-refractivity contribution < 1.29 is 19.1 Å². The molecule has 0 aliphatic carbocycles. The SMILES string of the molecule is CN(C)CCCN1C(=O)C(=O)/C(=C(\O)c2cccc(Cl)c2)C1c1ccc(F)cc1. The van der Waals surface area contributed by atoms with Crippen molar-refractivity contribution in [1.82, 2.24) is 9.80 Å². The first kappa shape index (κ1) is 21.0. The second-order valence-electron chi connectivity index (χ2n) is 7.21. The highest BCUT2D eigenvalue weighted by Gasteiger charge is 2.45. The number of hydrogen-bond acceptors (Lipinski definition) is 4. The fourth-order valence-electron chi connectivity index (χ4n) is 3.45. The van der Waals surface area contributed by atoms with Crippen molar-refractivity contribution >= 4 is 29.1 Å². The first-order valence-electron chi connectivity index (χ1n) is 9.24. The molecule has 1 heterocycles. The Morgan fingerprint density at radius 3 is 2.48 bits per heavy atom. The van der Waals surface area contributed by atoms with Crippen LogP contribution >= 0.6 is 11.6 Å². The molecule has 0 spiro atoms. The number of halogens is 2. The van der Waals surface area contributed by atoms with E-state index in [-0.39, 0.29) is 11.3 Å². The topological polar surface area (TPSA) is 60.9 Å². The lowest BCUT2D eigenvalue weighted by Gasteiger charge is -2.26. The van der Waals surface area contributed by atoms with Gasteiger partial charge in [0.2, 0.25) is 0 Å². The number of aliphatic hydroxyl groups excluding tert-OH is 1. The molecule has 1 aliphatic heterocycles. The first-order valence-corrected chi connectivity index (χ1v) is 9.62. The maximum Gasteiger partial charge on any atom is 0.295 e. The van der Waals surface area contributed by atoms with Gasteiger partial charge in [0.25, 0.3) is 11.7 Å². The molecule has 1 amide bonds. The molecule has 152 valence electrons. The van der Waals surface area contributed by atoms with Crippen molar-refractivity contribution in [3.8, 4) is 0 Å². The lowest BCUT2D eigenvalue weighted by atomic mass is 9.95. The van der Waals surface area contributed by atoms with Crippen molar-refractivity contribution in [3.63, 3.8) is 0 Å². The Morgan fingerprint density at radius 2 is 1.86 bits per heavy atom. The number of carbonyl (C=O) groups is 2. The zero-order valence-electron chi connectivity index (χ0n) is 16.2. The maximum absolute atomic E-state index is 13.5.